The Morgan fingerprint density at radius 2 is 2.18 bits per heavy atom. The van der Waals surface area contributed by atoms with Crippen LogP contribution in [0, 0.1) is 10.1 Å². The lowest BCUT2D eigenvalue weighted by Crippen LogP contribution is -2.43. The standard InChI is InChI=1S/C13H15N3O6/c1-2-3-4-10(13(19)20)14-11(17)8-15-7-9(16(21)22)5-6-12(15)18/h2-3,5-7,10H,4,8H2,1H3,(H,14,17)(H,19,20)/b3-2+. The van der Waals surface area contributed by atoms with Crippen LogP contribution in [0.5, 0.6) is 0 Å². The number of nitrogens with zero attached hydrogens (tertiary/aromatic N) is 2. The molecule has 0 aliphatic carbocycles. The van der Waals surface area contributed by atoms with E-state index in [9.17, 15) is 24.5 Å². The number of pyridine rings is 1. The molecule has 1 aromatic rings. The summed E-state index contributed by atoms with van der Waals surface area (Å²) < 4.78 is 0.849. The second-order valence-electron chi connectivity index (χ2n) is 4.37. The molecule has 0 bridgehead atoms. The average molecular weight is 309 g/mol. The lowest BCUT2D eigenvalue weighted by Gasteiger charge is -2.13. The molecule has 9 heteroatoms. The lowest BCUT2D eigenvalue weighted by molar-refractivity contribution is -0.385. The summed E-state index contributed by atoms with van der Waals surface area (Å²) >= 11 is 0. The fraction of sp³-hybridized carbons (Fsp3) is 0.308. The van der Waals surface area contributed by atoms with Gasteiger partial charge >= 0.3 is 5.97 Å². The van der Waals surface area contributed by atoms with E-state index in [-0.39, 0.29) is 12.1 Å². The van der Waals surface area contributed by atoms with Crippen LogP contribution in [0.15, 0.2) is 35.3 Å². The Bertz CT molecular complexity index is 664. The normalized spacial score (nSPS) is 12.0. The molecule has 2 N–H and O–H groups in total. The molecule has 0 aliphatic heterocycles. The minimum Gasteiger partial charge on any atom is -0.480 e. The topological polar surface area (TPSA) is 132 Å². The van der Waals surface area contributed by atoms with Gasteiger partial charge in [0.05, 0.1) is 11.1 Å². The van der Waals surface area contributed by atoms with Crippen molar-refractivity contribution in [2.45, 2.75) is 25.9 Å². The van der Waals surface area contributed by atoms with E-state index in [4.69, 9.17) is 5.11 Å². The molecule has 1 aromatic heterocycles. The van der Waals surface area contributed by atoms with Crippen LogP contribution >= 0.6 is 0 Å². The number of carbonyl (C=O) groups excluding carboxylic acids is 1. The molecule has 1 rings (SSSR count). The Morgan fingerprint density at radius 1 is 1.50 bits per heavy atom. The second-order valence-corrected chi connectivity index (χ2v) is 4.37. The highest BCUT2D eigenvalue weighted by Crippen LogP contribution is 2.06. The number of carboxylic acid groups (broad SMARTS) is 1. The van der Waals surface area contributed by atoms with E-state index >= 15 is 0 Å². The molecule has 0 radical (unpaired) electrons. The number of carbonyl (C=O) groups is 2. The Balaban J connectivity index is 2.83. The Labute approximate surface area is 125 Å². The first kappa shape index (κ1) is 17.1. The zero-order valence-corrected chi connectivity index (χ0v) is 11.8. The predicted molar refractivity (Wildman–Crippen MR) is 76.4 cm³/mol. The summed E-state index contributed by atoms with van der Waals surface area (Å²) in [6, 6.07) is 0.876. The number of amides is 1. The van der Waals surface area contributed by atoms with Crippen molar-refractivity contribution >= 4 is 17.6 Å². The second kappa shape index (κ2) is 7.72. The van der Waals surface area contributed by atoms with Gasteiger partial charge in [-0.1, -0.05) is 12.2 Å². The molecule has 1 heterocycles. The zero-order valence-electron chi connectivity index (χ0n) is 11.8. The third-order valence-corrected chi connectivity index (χ3v) is 2.73. The number of carboxylic acids is 1. The van der Waals surface area contributed by atoms with Gasteiger partial charge in [0.1, 0.15) is 12.6 Å². The van der Waals surface area contributed by atoms with Crippen LogP contribution in [0.3, 0.4) is 0 Å². The molecule has 1 unspecified atom stereocenters. The molecule has 0 saturated carbocycles. The highest BCUT2D eigenvalue weighted by molar-refractivity contribution is 5.83. The maximum absolute atomic E-state index is 11.8. The number of rotatable bonds is 7. The first-order valence-electron chi connectivity index (χ1n) is 6.33. The summed E-state index contributed by atoms with van der Waals surface area (Å²) in [4.78, 5) is 44.3. The van der Waals surface area contributed by atoms with E-state index in [1.54, 1.807) is 19.1 Å². The van der Waals surface area contributed by atoms with E-state index in [0.29, 0.717) is 0 Å². The van der Waals surface area contributed by atoms with Crippen molar-refractivity contribution in [3.05, 3.63) is 50.9 Å². The minimum absolute atomic E-state index is 0.0986. The number of hydrogen-bond acceptors (Lipinski definition) is 5. The SMILES string of the molecule is C/C=C/CC(NC(=O)Cn1cc([N+](=O)[O-])ccc1=O)C(=O)O. The van der Waals surface area contributed by atoms with E-state index < -0.39 is 34.9 Å². The lowest BCUT2D eigenvalue weighted by atomic mass is 10.2. The van der Waals surface area contributed by atoms with Crippen molar-refractivity contribution in [3.8, 4) is 0 Å². The van der Waals surface area contributed by atoms with Gasteiger partial charge < -0.3 is 10.4 Å². The van der Waals surface area contributed by atoms with Gasteiger partial charge in [0.25, 0.3) is 11.2 Å². The number of aliphatic carboxylic acids is 1. The summed E-state index contributed by atoms with van der Waals surface area (Å²) in [5.74, 6) is -1.93. The van der Waals surface area contributed by atoms with Crippen LogP contribution < -0.4 is 10.9 Å². The highest BCUT2D eigenvalue weighted by Gasteiger charge is 2.19. The minimum atomic E-state index is -1.21. The van der Waals surface area contributed by atoms with Crippen LogP contribution in [0.2, 0.25) is 0 Å². The summed E-state index contributed by atoms with van der Waals surface area (Å²) in [6.07, 6.45) is 4.26. The molecular formula is C13H15N3O6. The molecule has 0 fully saturated rings. The van der Waals surface area contributed by atoms with Gasteiger partial charge in [-0.25, -0.2) is 4.79 Å². The molecule has 0 spiro atoms. The maximum atomic E-state index is 11.8. The van der Waals surface area contributed by atoms with Crippen molar-refractivity contribution in [1.29, 1.82) is 0 Å². The number of aromatic nitrogens is 1. The van der Waals surface area contributed by atoms with Crippen LogP contribution in [-0.4, -0.2) is 32.5 Å². The van der Waals surface area contributed by atoms with Crippen molar-refractivity contribution < 1.29 is 19.6 Å². The monoisotopic (exact) mass is 309 g/mol. The van der Waals surface area contributed by atoms with Crippen LogP contribution in [0.4, 0.5) is 5.69 Å². The van der Waals surface area contributed by atoms with Gasteiger partial charge in [-0.05, 0) is 13.3 Å². The molecule has 1 atom stereocenters. The third-order valence-electron chi connectivity index (χ3n) is 2.73. The molecule has 0 aromatic carbocycles. The van der Waals surface area contributed by atoms with Crippen molar-refractivity contribution in [2.75, 3.05) is 0 Å². The Kier molecular flexibility index (Phi) is 5.99. The number of nitrogens with one attached hydrogen (secondary N) is 1. The molecule has 9 nitrogen and oxygen atoms in total. The first-order valence-corrected chi connectivity index (χ1v) is 6.33. The van der Waals surface area contributed by atoms with Crippen LogP contribution in [-0.2, 0) is 16.1 Å². The highest BCUT2D eigenvalue weighted by atomic mass is 16.6. The van der Waals surface area contributed by atoms with Gasteiger partial charge in [0.15, 0.2) is 0 Å². The quantitative estimate of drug-likeness (QED) is 0.423. The summed E-state index contributed by atoms with van der Waals surface area (Å²) in [6.45, 7) is 1.21. The molecule has 118 valence electrons. The van der Waals surface area contributed by atoms with Crippen molar-refractivity contribution in [3.63, 3.8) is 0 Å². The van der Waals surface area contributed by atoms with Gasteiger partial charge in [-0.2, -0.15) is 0 Å². The molecule has 22 heavy (non-hydrogen) atoms. The third kappa shape index (κ3) is 4.85. The first-order chi connectivity index (χ1) is 10.3. The van der Waals surface area contributed by atoms with E-state index in [0.717, 1.165) is 22.9 Å². The van der Waals surface area contributed by atoms with Crippen LogP contribution in [0.1, 0.15) is 13.3 Å². The van der Waals surface area contributed by atoms with Gasteiger partial charge in [0, 0.05) is 12.1 Å². The maximum Gasteiger partial charge on any atom is 0.326 e. The van der Waals surface area contributed by atoms with E-state index in [2.05, 4.69) is 5.32 Å². The zero-order chi connectivity index (χ0) is 16.7. The average Bonchev–Trinajstić information content (AvgIpc) is 2.45. The fourth-order valence-electron chi connectivity index (χ4n) is 1.64. The van der Waals surface area contributed by atoms with Gasteiger partial charge in [-0.15, -0.1) is 0 Å². The fourth-order valence-corrected chi connectivity index (χ4v) is 1.64. The Hall–Kier alpha value is -2.97. The number of nitro groups is 1. The van der Waals surface area contributed by atoms with E-state index in [1.807, 2.05) is 0 Å². The Morgan fingerprint density at radius 3 is 2.73 bits per heavy atom. The van der Waals surface area contributed by atoms with Crippen LogP contribution in [0.25, 0.3) is 0 Å². The molecule has 0 aliphatic rings. The number of hydrogen-bond donors (Lipinski definition) is 2. The summed E-state index contributed by atoms with van der Waals surface area (Å²) in [5.41, 5.74) is -0.933. The molecular weight excluding hydrogens is 294 g/mol. The van der Waals surface area contributed by atoms with Crippen molar-refractivity contribution in [2.24, 2.45) is 0 Å². The molecule has 1 amide bonds. The van der Waals surface area contributed by atoms with E-state index in [1.165, 1.54) is 0 Å². The predicted octanol–water partition coefficient (Wildman–Crippen LogP) is 0.292. The van der Waals surface area contributed by atoms with Crippen molar-refractivity contribution in [1.82, 2.24) is 9.88 Å². The largest absolute Gasteiger partial charge is 0.480 e. The molecule has 0 saturated heterocycles. The number of allylic oxidation sites excluding steroid dienone is 1. The summed E-state index contributed by atoms with van der Waals surface area (Å²) in [5, 5.41) is 21.9. The summed E-state index contributed by atoms with van der Waals surface area (Å²) in [7, 11) is 0. The van der Waals surface area contributed by atoms with Gasteiger partial charge in [-0.3, -0.25) is 24.3 Å². The smallest absolute Gasteiger partial charge is 0.326 e. The van der Waals surface area contributed by atoms with Gasteiger partial charge in [0.2, 0.25) is 5.91 Å².